The molecule has 8 nitrogen and oxygen atoms in total. The van der Waals surface area contributed by atoms with Gasteiger partial charge in [-0.3, -0.25) is 9.59 Å². The molecule has 3 N–H and O–H groups in total. The first-order valence-electron chi connectivity index (χ1n) is 12.5. The molecule has 1 saturated heterocycles. The molecule has 0 bridgehead atoms. The molecule has 3 aromatic rings. The predicted octanol–water partition coefficient (Wildman–Crippen LogP) is 3.30. The van der Waals surface area contributed by atoms with E-state index in [-0.39, 0.29) is 22.4 Å². The highest BCUT2D eigenvalue weighted by atomic mass is 32.2. The van der Waals surface area contributed by atoms with Gasteiger partial charge in [0.05, 0.1) is 11.9 Å². The number of nitrogens with zero attached hydrogens (tertiary/aromatic N) is 1. The number of aryl methyl sites for hydroxylation is 1. The van der Waals surface area contributed by atoms with Crippen LogP contribution >= 0.6 is 23.1 Å². The molecule has 0 unspecified atom stereocenters. The fraction of sp³-hybridized carbons (Fsp3) is 0.357. The maximum Gasteiger partial charge on any atom is 0.254 e. The van der Waals surface area contributed by atoms with Gasteiger partial charge in [0, 0.05) is 11.3 Å². The van der Waals surface area contributed by atoms with Crippen molar-refractivity contribution in [1.82, 2.24) is 14.9 Å². The number of hydrogen-bond acceptors (Lipinski definition) is 7. The summed E-state index contributed by atoms with van der Waals surface area (Å²) in [5, 5.41) is 15.9. The van der Waals surface area contributed by atoms with Crippen LogP contribution in [0.25, 0.3) is 0 Å². The second-order valence-electron chi connectivity index (χ2n) is 10.0. The van der Waals surface area contributed by atoms with Crippen LogP contribution in [0.1, 0.15) is 30.5 Å². The summed E-state index contributed by atoms with van der Waals surface area (Å²) >= 11 is 2.49. The second-order valence-corrected chi connectivity index (χ2v) is 14.5. The first kappa shape index (κ1) is 29.3. The number of thioether (sulfide) groups is 1. The van der Waals surface area contributed by atoms with E-state index < -0.39 is 38.9 Å². The minimum absolute atomic E-state index is 0.0894. The zero-order valence-corrected chi connectivity index (χ0v) is 24.5. The summed E-state index contributed by atoms with van der Waals surface area (Å²) in [5.41, 5.74) is 2.77. The van der Waals surface area contributed by atoms with Crippen LogP contribution in [-0.4, -0.2) is 59.1 Å². The molecule has 208 valence electrons. The van der Waals surface area contributed by atoms with Gasteiger partial charge in [0.2, 0.25) is 15.9 Å². The highest BCUT2D eigenvalue weighted by molar-refractivity contribution is 8.00. The van der Waals surface area contributed by atoms with Gasteiger partial charge in [-0.25, -0.2) is 13.1 Å². The molecule has 1 fully saturated rings. The Morgan fingerprint density at radius 3 is 2.44 bits per heavy atom. The second kappa shape index (κ2) is 12.2. The Morgan fingerprint density at radius 1 is 1.08 bits per heavy atom. The number of nitrogens with one attached hydrogen (secondary N) is 2. The van der Waals surface area contributed by atoms with Gasteiger partial charge in [-0.1, -0.05) is 60.7 Å². The normalized spacial score (nSPS) is 18.5. The number of carbonyl (C=O) groups excluding carboxylic acids is 2. The molecule has 39 heavy (non-hydrogen) atoms. The third-order valence-electron chi connectivity index (χ3n) is 6.79. The minimum atomic E-state index is -3.98. The molecule has 0 aliphatic carbocycles. The van der Waals surface area contributed by atoms with E-state index in [1.807, 2.05) is 63.2 Å². The van der Waals surface area contributed by atoms with E-state index in [1.54, 1.807) is 23.6 Å². The molecule has 1 aliphatic heterocycles. The van der Waals surface area contributed by atoms with Gasteiger partial charge >= 0.3 is 0 Å². The lowest BCUT2D eigenvalue weighted by atomic mass is 9.97. The maximum atomic E-state index is 13.7. The summed E-state index contributed by atoms with van der Waals surface area (Å²) in [6.45, 7) is 6.05. The molecule has 1 aromatic heterocycles. The topological polar surface area (TPSA) is 116 Å². The van der Waals surface area contributed by atoms with Crippen LogP contribution in [0.15, 0.2) is 76.3 Å². The molecule has 4 rings (SSSR count). The SMILES string of the molecule is Cc1ccccc1CNC(=O)[C@H]1N(C(=O)[C@@H](O)[C@H](Cc2ccccc2)NS(=O)(=O)c2cccs2)CSC1(C)C. The van der Waals surface area contributed by atoms with Crippen LogP contribution in [0.2, 0.25) is 0 Å². The van der Waals surface area contributed by atoms with Crippen molar-refractivity contribution in [2.75, 3.05) is 5.88 Å². The number of amides is 2. The van der Waals surface area contributed by atoms with E-state index in [2.05, 4.69) is 10.0 Å². The third kappa shape index (κ3) is 6.90. The summed E-state index contributed by atoms with van der Waals surface area (Å²) in [6.07, 6.45) is -1.62. The van der Waals surface area contributed by atoms with Crippen LogP contribution in [0.3, 0.4) is 0 Å². The highest BCUT2D eigenvalue weighted by Crippen LogP contribution is 2.40. The van der Waals surface area contributed by atoms with Gasteiger partial charge in [0.1, 0.15) is 16.4 Å². The van der Waals surface area contributed by atoms with E-state index in [0.717, 1.165) is 28.0 Å². The quantitative estimate of drug-likeness (QED) is 0.335. The number of aliphatic hydroxyl groups excluding tert-OH is 1. The number of hydrogen-bond donors (Lipinski definition) is 3. The fourth-order valence-corrected chi connectivity index (χ4v) is 7.99. The van der Waals surface area contributed by atoms with Crippen molar-refractivity contribution in [3.05, 3.63) is 88.8 Å². The number of aliphatic hydroxyl groups is 1. The Kier molecular flexibility index (Phi) is 9.18. The summed E-state index contributed by atoms with van der Waals surface area (Å²) in [6, 6.07) is 17.9. The molecule has 0 saturated carbocycles. The molecular weight excluding hydrogens is 555 g/mol. The van der Waals surface area contributed by atoms with Crippen LogP contribution in [0.5, 0.6) is 0 Å². The van der Waals surface area contributed by atoms with Gasteiger partial charge in [-0.05, 0) is 55.3 Å². The van der Waals surface area contributed by atoms with Gasteiger partial charge in [-0.2, -0.15) is 0 Å². The molecule has 0 radical (unpaired) electrons. The van der Waals surface area contributed by atoms with Crippen LogP contribution in [-0.2, 0) is 32.6 Å². The zero-order chi connectivity index (χ0) is 28.2. The molecule has 2 heterocycles. The zero-order valence-electron chi connectivity index (χ0n) is 22.0. The van der Waals surface area contributed by atoms with Crippen molar-refractivity contribution in [3.8, 4) is 0 Å². The van der Waals surface area contributed by atoms with Gasteiger partial charge in [-0.15, -0.1) is 23.1 Å². The average Bonchev–Trinajstić information content (AvgIpc) is 3.56. The molecular formula is C28H33N3O5S3. The van der Waals surface area contributed by atoms with Crippen molar-refractivity contribution in [2.24, 2.45) is 0 Å². The van der Waals surface area contributed by atoms with Crippen molar-refractivity contribution < 1.29 is 23.1 Å². The Hall–Kier alpha value is -2.70. The first-order chi connectivity index (χ1) is 18.5. The Balaban J connectivity index is 1.56. The van der Waals surface area contributed by atoms with Crippen LogP contribution in [0, 0.1) is 6.92 Å². The Labute approximate surface area is 237 Å². The van der Waals surface area contributed by atoms with E-state index in [1.165, 1.54) is 22.7 Å². The van der Waals surface area contributed by atoms with E-state index in [4.69, 9.17) is 0 Å². The van der Waals surface area contributed by atoms with Gasteiger partial charge < -0.3 is 15.3 Å². The number of carbonyl (C=O) groups is 2. The standard InChI is InChI=1S/C28H33N3O5S3/c1-19-10-7-8-13-21(19)17-29-26(33)25-28(2,3)38-18-31(25)27(34)24(32)22(16-20-11-5-4-6-12-20)30-39(35,36)23-14-9-15-37-23/h4-15,22,24-25,30,32H,16-18H2,1-3H3,(H,29,33)/t22-,24-,25+/m0/s1. The Bertz CT molecular complexity index is 1390. The van der Waals surface area contributed by atoms with Crippen molar-refractivity contribution in [3.63, 3.8) is 0 Å². The predicted molar refractivity (Wildman–Crippen MR) is 155 cm³/mol. The smallest absolute Gasteiger partial charge is 0.254 e. The van der Waals surface area contributed by atoms with Crippen molar-refractivity contribution in [2.45, 2.75) is 60.9 Å². The molecule has 0 spiro atoms. The summed E-state index contributed by atoms with van der Waals surface area (Å²) in [7, 11) is -3.98. The average molecular weight is 588 g/mol. The lowest BCUT2D eigenvalue weighted by molar-refractivity contribution is -0.147. The van der Waals surface area contributed by atoms with Gasteiger partial charge in [0.25, 0.3) is 5.91 Å². The summed E-state index contributed by atoms with van der Waals surface area (Å²) in [4.78, 5) is 28.5. The lowest BCUT2D eigenvalue weighted by Gasteiger charge is -2.33. The van der Waals surface area contributed by atoms with E-state index in [0.29, 0.717) is 6.54 Å². The van der Waals surface area contributed by atoms with Crippen molar-refractivity contribution in [1.29, 1.82) is 0 Å². The molecule has 11 heteroatoms. The number of sulfonamides is 1. The lowest BCUT2D eigenvalue weighted by Crippen LogP contribution is -2.58. The van der Waals surface area contributed by atoms with E-state index >= 15 is 0 Å². The van der Waals surface area contributed by atoms with Crippen LogP contribution < -0.4 is 10.0 Å². The molecule has 1 aliphatic rings. The first-order valence-corrected chi connectivity index (χ1v) is 15.9. The third-order valence-corrected chi connectivity index (χ3v) is 11.1. The summed E-state index contributed by atoms with van der Waals surface area (Å²) < 4.78 is 28.1. The van der Waals surface area contributed by atoms with E-state index in [9.17, 15) is 23.1 Å². The molecule has 3 atom stereocenters. The van der Waals surface area contributed by atoms with Crippen LogP contribution in [0.4, 0.5) is 0 Å². The minimum Gasteiger partial charge on any atom is -0.382 e. The number of rotatable bonds is 10. The number of benzene rings is 2. The van der Waals surface area contributed by atoms with Gasteiger partial charge in [0.15, 0.2) is 0 Å². The largest absolute Gasteiger partial charge is 0.382 e. The summed E-state index contributed by atoms with van der Waals surface area (Å²) in [5.74, 6) is -0.826. The number of thiophene rings is 1. The maximum absolute atomic E-state index is 13.7. The Morgan fingerprint density at radius 2 is 1.77 bits per heavy atom. The monoisotopic (exact) mass is 587 g/mol. The highest BCUT2D eigenvalue weighted by Gasteiger charge is 2.50. The molecule has 2 amide bonds. The van der Waals surface area contributed by atoms with Crippen molar-refractivity contribution >= 4 is 44.9 Å². The fourth-order valence-electron chi connectivity index (χ4n) is 4.60. The molecule has 2 aromatic carbocycles.